The molecule has 0 aliphatic carbocycles. The number of amides is 1. The summed E-state index contributed by atoms with van der Waals surface area (Å²) in [4.78, 5) is 27.4. The molecule has 7 nitrogen and oxygen atoms in total. The highest BCUT2D eigenvalue weighted by atomic mass is 16.2. The van der Waals surface area contributed by atoms with Crippen molar-refractivity contribution in [3.05, 3.63) is 71.5 Å². The number of likely N-dealkylation sites (tertiary alicyclic amines) is 1. The minimum atomic E-state index is -0.125. The lowest BCUT2D eigenvalue weighted by Gasteiger charge is -2.32. The van der Waals surface area contributed by atoms with Crippen molar-refractivity contribution in [1.82, 2.24) is 25.1 Å². The molecule has 1 aromatic heterocycles. The number of nitrogens with zero attached hydrogens (tertiary/aromatic N) is 5. The maximum Gasteiger partial charge on any atom is 0.227 e. The van der Waals surface area contributed by atoms with E-state index in [9.17, 15) is 9.59 Å². The van der Waals surface area contributed by atoms with E-state index in [-0.39, 0.29) is 17.6 Å². The maximum absolute atomic E-state index is 12.8. The highest BCUT2D eigenvalue weighted by Crippen LogP contribution is 2.22. The SMILES string of the molecule is Cc1nnnn1-c1ccc(CC(=O)N2CCC[C@H](C(=O)c3ccccc3)C2)cc1. The summed E-state index contributed by atoms with van der Waals surface area (Å²) in [6.07, 6.45) is 2.01. The zero-order chi connectivity index (χ0) is 20.2. The van der Waals surface area contributed by atoms with Crippen molar-refractivity contribution in [2.24, 2.45) is 5.92 Å². The van der Waals surface area contributed by atoms with Gasteiger partial charge in [0.2, 0.25) is 5.91 Å². The molecule has 0 bridgehead atoms. The van der Waals surface area contributed by atoms with Gasteiger partial charge in [-0.25, -0.2) is 0 Å². The van der Waals surface area contributed by atoms with E-state index in [0.717, 1.165) is 29.7 Å². The molecule has 1 aliphatic rings. The van der Waals surface area contributed by atoms with E-state index in [4.69, 9.17) is 0 Å². The minimum absolute atomic E-state index is 0.0573. The number of ketones is 1. The summed E-state index contributed by atoms with van der Waals surface area (Å²) in [7, 11) is 0. The van der Waals surface area contributed by atoms with Crippen LogP contribution in [0.1, 0.15) is 34.6 Å². The Balaban J connectivity index is 1.39. The van der Waals surface area contributed by atoms with Crippen molar-refractivity contribution < 1.29 is 9.59 Å². The van der Waals surface area contributed by atoms with Crippen LogP contribution in [0.25, 0.3) is 5.69 Å². The van der Waals surface area contributed by atoms with Crippen molar-refractivity contribution in [1.29, 1.82) is 0 Å². The van der Waals surface area contributed by atoms with Crippen LogP contribution in [-0.2, 0) is 11.2 Å². The number of hydrogen-bond donors (Lipinski definition) is 0. The minimum Gasteiger partial charge on any atom is -0.342 e. The maximum atomic E-state index is 12.8. The molecule has 2 heterocycles. The Kier molecular flexibility index (Phi) is 5.46. The molecular formula is C22H23N5O2. The number of Topliss-reactive ketones (excluding diaryl/α,β-unsaturated/α-hetero) is 1. The van der Waals surface area contributed by atoms with Gasteiger partial charge < -0.3 is 4.90 Å². The van der Waals surface area contributed by atoms with Crippen molar-refractivity contribution in [2.45, 2.75) is 26.2 Å². The Morgan fingerprint density at radius 1 is 1.07 bits per heavy atom. The molecule has 29 heavy (non-hydrogen) atoms. The Bertz CT molecular complexity index is 998. The first-order chi connectivity index (χ1) is 14.1. The Morgan fingerprint density at radius 2 is 1.83 bits per heavy atom. The Hall–Kier alpha value is -3.35. The van der Waals surface area contributed by atoms with Gasteiger partial charge in [-0.3, -0.25) is 9.59 Å². The molecule has 0 unspecified atom stereocenters. The summed E-state index contributed by atoms with van der Waals surface area (Å²) in [5, 5.41) is 11.5. The van der Waals surface area contributed by atoms with Crippen LogP contribution in [-0.4, -0.2) is 49.9 Å². The van der Waals surface area contributed by atoms with Crippen LogP contribution in [0.5, 0.6) is 0 Å². The molecule has 0 N–H and O–H groups in total. The zero-order valence-corrected chi connectivity index (χ0v) is 16.4. The summed E-state index contributed by atoms with van der Waals surface area (Å²) < 4.78 is 1.65. The molecule has 1 atom stereocenters. The molecule has 3 aromatic rings. The molecule has 4 rings (SSSR count). The molecule has 0 saturated carbocycles. The van der Waals surface area contributed by atoms with Crippen molar-refractivity contribution in [2.75, 3.05) is 13.1 Å². The standard InChI is InChI=1S/C22H23N5O2/c1-16-23-24-25-27(16)20-11-9-17(10-12-20)14-21(28)26-13-5-8-19(15-26)22(29)18-6-3-2-4-7-18/h2-4,6-7,9-12,19H,5,8,13-15H2,1H3/t19-/m0/s1. The molecule has 1 fully saturated rings. The van der Waals surface area contributed by atoms with Gasteiger partial charge in [-0.2, -0.15) is 4.68 Å². The van der Waals surface area contributed by atoms with E-state index in [1.807, 2.05) is 66.4 Å². The Labute approximate surface area is 169 Å². The number of piperidine rings is 1. The second kappa shape index (κ2) is 8.34. The van der Waals surface area contributed by atoms with Crippen molar-refractivity contribution in [3.63, 3.8) is 0 Å². The number of benzene rings is 2. The average molecular weight is 389 g/mol. The quantitative estimate of drug-likeness (QED) is 0.627. The van der Waals surface area contributed by atoms with Crippen LogP contribution in [0.4, 0.5) is 0 Å². The summed E-state index contributed by atoms with van der Waals surface area (Å²) in [6, 6.07) is 17.0. The molecule has 1 aliphatic heterocycles. The van der Waals surface area contributed by atoms with Crippen molar-refractivity contribution in [3.8, 4) is 5.69 Å². The van der Waals surface area contributed by atoms with Gasteiger partial charge in [0.25, 0.3) is 0 Å². The second-order valence-corrected chi connectivity index (χ2v) is 7.39. The van der Waals surface area contributed by atoms with Crippen LogP contribution >= 0.6 is 0 Å². The van der Waals surface area contributed by atoms with Gasteiger partial charge in [-0.15, -0.1) is 5.10 Å². The molecule has 0 radical (unpaired) electrons. The predicted octanol–water partition coefficient (Wildman–Crippen LogP) is 2.63. The third-order valence-electron chi connectivity index (χ3n) is 5.36. The summed E-state index contributed by atoms with van der Waals surface area (Å²) >= 11 is 0. The van der Waals surface area contributed by atoms with Gasteiger partial charge in [0.1, 0.15) is 0 Å². The summed E-state index contributed by atoms with van der Waals surface area (Å²) in [5.74, 6) is 0.766. The number of carbonyl (C=O) groups excluding carboxylic acids is 2. The Morgan fingerprint density at radius 3 is 2.52 bits per heavy atom. The number of carbonyl (C=O) groups is 2. The van der Waals surface area contributed by atoms with Gasteiger partial charge >= 0.3 is 0 Å². The zero-order valence-electron chi connectivity index (χ0n) is 16.4. The van der Waals surface area contributed by atoms with Gasteiger partial charge in [0, 0.05) is 24.6 Å². The van der Waals surface area contributed by atoms with E-state index < -0.39 is 0 Å². The predicted molar refractivity (Wildman–Crippen MR) is 108 cm³/mol. The number of aromatic nitrogens is 4. The molecule has 0 spiro atoms. The van der Waals surface area contributed by atoms with Crippen LogP contribution < -0.4 is 0 Å². The van der Waals surface area contributed by atoms with Crippen LogP contribution in [0.2, 0.25) is 0 Å². The van der Waals surface area contributed by atoms with Gasteiger partial charge in [0.05, 0.1) is 12.1 Å². The van der Waals surface area contributed by atoms with Crippen LogP contribution in [0.15, 0.2) is 54.6 Å². The first kappa shape index (κ1) is 19.0. The monoisotopic (exact) mass is 389 g/mol. The fraction of sp³-hybridized carbons (Fsp3) is 0.318. The first-order valence-corrected chi connectivity index (χ1v) is 9.83. The summed E-state index contributed by atoms with van der Waals surface area (Å²) in [5.41, 5.74) is 2.51. The van der Waals surface area contributed by atoms with Gasteiger partial charge in [-0.05, 0) is 47.9 Å². The molecule has 1 amide bonds. The third kappa shape index (κ3) is 4.23. The molecule has 148 valence electrons. The van der Waals surface area contributed by atoms with E-state index in [0.29, 0.717) is 25.3 Å². The average Bonchev–Trinajstić information content (AvgIpc) is 3.20. The lowest BCUT2D eigenvalue weighted by atomic mass is 9.90. The number of hydrogen-bond acceptors (Lipinski definition) is 5. The number of tetrazole rings is 1. The highest BCUT2D eigenvalue weighted by Gasteiger charge is 2.28. The smallest absolute Gasteiger partial charge is 0.227 e. The topological polar surface area (TPSA) is 81.0 Å². The van der Waals surface area contributed by atoms with E-state index in [2.05, 4.69) is 15.5 Å². The highest BCUT2D eigenvalue weighted by molar-refractivity contribution is 5.98. The molecular weight excluding hydrogens is 366 g/mol. The van der Waals surface area contributed by atoms with Gasteiger partial charge in [-0.1, -0.05) is 42.5 Å². The fourth-order valence-electron chi connectivity index (χ4n) is 3.77. The largest absolute Gasteiger partial charge is 0.342 e. The first-order valence-electron chi connectivity index (χ1n) is 9.83. The van der Waals surface area contributed by atoms with Gasteiger partial charge in [0.15, 0.2) is 11.6 Å². The van der Waals surface area contributed by atoms with E-state index >= 15 is 0 Å². The lowest BCUT2D eigenvalue weighted by Crippen LogP contribution is -2.43. The fourth-order valence-corrected chi connectivity index (χ4v) is 3.77. The van der Waals surface area contributed by atoms with Crippen LogP contribution in [0, 0.1) is 12.8 Å². The number of aryl methyl sites for hydroxylation is 1. The molecule has 1 saturated heterocycles. The molecule has 2 aromatic carbocycles. The van der Waals surface area contributed by atoms with Crippen LogP contribution in [0.3, 0.4) is 0 Å². The lowest BCUT2D eigenvalue weighted by molar-refractivity contribution is -0.131. The third-order valence-corrected chi connectivity index (χ3v) is 5.36. The summed E-state index contributed by atoms with van der Waals surface area (Å²) in [6.45, 7) is 3.04. The van der Waals surface area contributed by atoms with E-state index in [1.165, 1.54) is 0 Å². The van der Waals surface area contributed by atoms with E-state index in [1.54, 1.807) is 4.68 Å². The molecule has 7 heteroatoms. The number of rotatable bonds is 5. The normalized spacial score (nSPS) is 16.6. The second-order valence-electron chi connectivity index (χ2n) is 7.39. The van der Waals surface area contributed by atoms with Crippen molar-refractivity contribution >= 4 is 11.7 Å².